The molecule has 0 heterocycles. The number of carboxylic acids is 1. The summed E-state index contributed by atoms with van der Waals surface area (Å²) in [6.45, 7) is 0.0243. The lowest BCUT2D eigenvalue weighted by atomic mass is 9.84. The SMILES string of the molecule is CCN(CC(F)(F)F)C(=O)NC1CCCCC1C(=O)O. The number of aliphatic carboxylic acids is 1. The molecule has 0 radical (unpaired) electrons. The molecular formula is C12H19F3N2O3. The zero-order valence-corrected chi connectivity index (χ0v) is 11.2. The third kappa shape index (κ3) is 4.90. The Bertz CT molecular complexity index is 360. The number of alkyl halides is 3. The van der Waals surface area contributed by atoms with Crippen molar-refractivity contribution in [1.29, 1.82) is 0 Å². The number of amides is 2. The van der Waals surface area contributed by atoms with E-state index in [1.807, 2.05) is 0 Å². The number of carbonyl (C=O) groups is 2. The highest BCUT2D eigenvalue weighted by Crippen LogP contribution is 2.25. The van der Waals surface area contributed by atoms with Crippen LogP contribution < -0.4 is 5.32 Å². The summed E-state index contributed by atoms with van der Waals surface area (Å²) in [5.41, 5.74) is 0. The Balaban J connectivity index is 2.64. The van der Waals surface area contributed by atoms with Crippen LogP contribution in [0, 0.1) is 5.92 Å². The highest BCUT2D eigenvalue weighted by molar-refractivity contribution is 5.77. The maximum absolute atomic E-state index is 12.3. The van der Waals surface area contributed by atoms with Gasteiger partial charge in [0.25, 0.3) is 0 Å². The minimum Gasteiger partial charge on any atom is -0.481 e. The number of carboxylic acid groups (broad SMARTS) is 1. The summed E-state index contributed by atoms with van der Waals surface area (Å²) in [5, 5.41) is 11.5. The van der Waals surface area contributed by atoms with Crippen LogP contribution in [0.1, 0.15) is 32.6 Å². The molecule has 0 aromatic carbocycles. The standard InChI is InChI=1S/C12H19F3N2O3/c1-2-17(7-12(13,14)15)11(20)16-9-6-4-3-5-8(9)10(18)19/h8-9H,2-7H2,1H3,(H,16,20)(H,18,19). The largest absolute Gasteiger partial charge is 0.481 e. The van der Waals surface area contributed by atoms with Crippen molar-refractivity contribution in [2.24, 2.45) is 5.92 Å². The van der Waals surface area contributed by atoms with Gasteiger partial charge >= 0.3 is 18.2 Å². The second-order valence-corrected chi connectivity index (χ2v) is 4.91. The molecule has 0 aromatic rings. The minimum atomic E-state index is -4.47. The molecule has 0 saturated heterocycles. The molecular weight excluding hydrogens is 277 g/mol. The van der Waals surface area contributed by atoms with E-state index in [1.165, 1.54) is 6.92 Å². The Hall–Kier alpha value is -1.47. The Morgan fingerprint density at radius 1 is 1.30 bits per heavy atom. The molecule has 1 aliphatic rings. The zero-order valence-electron chi connectivity index (χ0n) is 11.2. The van der Waals surface area contributed by atoms with Gasteiger partial charge in [-0.05, 0) is 19.8 Å². The van der Waals surface area contributed by atoms with Gasteiger partial charge in [0.05, 0.1) is 5.92 Å². The first-order valence-corrected chi connectivity index (χ1v) is 6.59. The van der Waals surface area contributed by atoms with Crippen molar-refractivity contribution in [1.82, 2.24) is 10.2 Å². The van der Waals surface area contributed by atoms with Gasteiger partial charge in [-0.1, -0.05) is 12.8 Å². The van der Waals surface area contributed by atoms with Gasteiger partial charge in [0.2, 0.25) is 0 Å². The van der Waals surface area contributed by atoms with Crippen LogP contribution in [0.2, 0.25) is 0 Å². The van der Waals surface area contributed by atoms with E-state index in [4.69, 9.17) is 5.11 Å². The zero-order chi connectivity index (χ0) is 15.3. The molecule has 1 fully saturated rings. The van der Waals surface area contributed by atoms with E-state index in [1.54, 1.807) is 0 Å². The summed E-state index contributed by atoms with van der Waals surface area (Å²) in [6, 6.07) is -1.46. The molecule has 2 atom stereocenters. The Labute approximate surface area is 115 Å². The van der Waals surface area contributed by atoms with Crippen LogP contribution in [0.4, 0.5) is 18.0 Å². The van der Waals surface area contributed by atoms with Crippen molar-refractivity contribution in [3.8, 4) is 0 Å². The Morgan fingerprint density at radius 2 is 1.90 bits per heavy atom. The molecule has 2 amide bonds. The first-order valence-electron chi connectivity index (χ1n) is 6.59. The highest BCUT2D eigenvalue weighted by Gasteiger charge is 2.35. The van der Waals surface area contributed by atoms with Crippen LogP contribution in [-0.4, -0.2) is 47.3 Å². The van der Waals surface area contributed by atoms with Crippen LogP contribution in [-0.2, 0) is 4.79 Å². The molecule has 1 aliphatic carbocycles. The van der Waals surface area contributed by atoms with Crippen LogP contribution in [0.15, 0.2) is 0 Å². The molecule has 1 rings (SSSR count). The van der Waals surface area contributed by atoms with Crippen molar-refractivity contribution in [2.45, 2.75) is 44.8 Å². The van der Waals surface area contributed by atoms with Gasteiger partial charge in [-0.3, -0.25) is 4.79 Å². The van der Waals surface area contributed by atoms with Crippen molar-refractivity contribution < 1.29 is 27.9 Å². The number of nitrogens with one attached hydrogen (secondary N) is 1. The van der Waals surface area contributed by atoms with Gasteiger partial charge in [-0.15, -0.1) is 0 Å². The molecule has 2 unspecified atom stereocenters. The topological polar surface area (TPSA) is 69.6 Å². The van der Waals surface area contributed by atoms with Crippen molar-refractivity contribution in [3.05, 3.63) is 0 Å². The highest BCUT2D eigenvalue weighted by atomic mass is 19.4. The fourth-order valence-corrected chi connectivity index (χ4v) is 2.39. The van der Waals surface area contributed by atoms with Gasteiger partial charge in [-0.2, -0.15) is 13.2 Å². The summed E-state index contributed by atoms with van der Waals surface area (Å²) < 4.78 is 37.0. The molecule has 20 heavy (non-hydrogen) atoms. The quantitative estimate of drug-likeness (QED) is 0.835. The van der Waals surface area contributed by atoms with Gasteiger partial charge < -0.3 is 15.3 Å². The summed E-state index contributed by atoms with van der Waals surface area (Å²) in [5.74, 6) is -1.74. The van der Waals surface area contributed by atoms with Crippen molar-refractivity contribution in [3.63, 3.8) is 0 Å². The maximum atomic E-state index is 12.3. The van der Waals surface area contributed by atoms with Gasteiger partial charge in [-0.25, -0.2) is 4.79 Å². The lowest BCUT2D eigenvalue weighted by Gasteiger charge is -2.32. The third-order valence-electron chi connectivity index (χ3n) is 3.43. The van der Waals surface area contributed by atoms with E-state index in [-0.39, 0.29) is 6.54 Å². The van der Waals surface area contributed by atoms with Crippen LogP contribution in [0.3, 0.4) is 0 Å². The molecule has 2 N–H and O–H groups in total. The number of carbonyl (C=O) groups excluding carboxylic acids is 1. The monoisotopic (exact) mass is 296 g/mol. The molecule has 0 bridgehead atoms. The number of nitrogens with zero attached hydrogens (tertiary/aromatic N) is 1. The summed E-state index contributed by atoms with van der Waals surface area (Å²) in [4.78, 5) is 23.5. The normalized spacial score (nSPS) is 23.2. The van der Waals surface area contributed by atoms with Crippen LogP contribution >= 0.6 is 0 Å². The molecule has 0 spiro atoms. The second-order valence-electron chi connectivity index (χ2n) is 4.91. The predicted molar refractivity (Wildman–Crippen MR) is 65.2 cm³/mol. The summed E-state index contributed by atoms with van der Waals surface area (Å²) >= 11 is 0. The lowest BCUT2D eigenvalue weighted by Crippen LogP contribution is -2.52. The average molecular weight is 296 g/mol. The lowest BCUT2D eigenvalue weighted by molar-refractivity contribution is -0.144. The molecule has 0 aromatic heterocycles. The van der Waals surface area contributed by atoms with E-state index in [9.17, 15) is 22.8 Å². The number of hydrogen-bond acceptors (Lipinski definition) is 2. The minimum absolute atomic E-state index is 0.0875. The van der Waals surface area contributed by atoms with Gasteiger partial charge in [0.15, 0.2) is 0 Å². The Kier molecular flexibility index (Phi) is 5.64. The average Bonchev–Trinajstić information content (AvgIpc) is 2.35. The number of halogens is 3. The molecule has 8 heteroatoms. The van der Waals surface area contributed by atoms with Gasteiger partial charge in [0, 0.05) is 12.6 Å². The predicted octanol–water partition coefficient (Wildman–Crippen LogP) is 2.22. The fraction of sp³-hybridized carbons (Fsp3) is 0.833. The van der Waals surface area contributed by atoms with Crippen LogP contribution in [0.25, 0.3) is 0 Å². The number of rotatable bonds is 4. The van der Waals surface area contributed by atoms with Crippen LogP contribution in [0.5, 0.6) is 0 Å². The molecule has 116 valence electrons. The fourth-order valence-electron chi connectivity index (χ4n) is 2.39. The third-order valence-corrected chi connectivity index (χ3v) is 3.43. The summed E-state index contributed by atoms with van der Waals surface area (Å²) in [7, 11) is 0. The smallest absolute Gasteiger partial charge is 0.406 e. The van der Waals surface area contributed by atoms with E-state index in [2.05, 4.69) is 5.32 Å². The first kappa shape index (κ1) is 16.6. The maximum Gasteiger partial charge on any atom is 0.406 e. The van der Waals surface area contributed by atoms with Crippen molar-refractivity contribution >= 4 is 12.0 Å². The molecule has 0 aliphatic heterocycles. The van der Waals surface area contributed by atoms with Crippen molar-refractivity contribution in [2.75, 3.05) is 13.1 Å². The van der Waals surface area contributed by atoms with Gasteiger partial charge in [0.1, 0.15) is 6.54 Å². The van der Waals surface area contributed by atoms with E-state index < -0.39 is 36.7 Å². The molecule has 1 saturated carbocycles. The first-order chi connectivity index (χ1) is 9.24. The van der Waals surface area contributed by atoms with E-state index in [0.717, 1.165) is 12.8 Å². The Morgan fingerprint density at radius 3 is 2.40 bits per heavy atom. The molecule has 5 nitrogen and oxygen atoms in total. The van der Waals surface area contributed by atoms with E-state index >= 15 is 0 Å². The summed E-state index contributed by atoms with van der Waals surface area (Å²) in [6.07, 6.45) is -2.03. The number of urea groups is 1. The van der Waals surface area contributed by atoms with E-state index in [0.29, 0.717) is 17.7 Å². The number of hydrogen-bond donors (Lipinski definition) is 2. The second kappa shape index (κ2) is 6.81.